The van der Waals surface area contributed by atoms with Crippen molar-refractivity contribution in [3.8, 4) is 5.75 Å². The molecule has 2 aromatic carbocycles. The zero-order valence-electron chi connectivity index (χ0n) is 15.2. The Morgan fingerprint density at radius 2 is 1.86 bits per heavy atom. The summed E-state index contributed by atoms with van der Waals surface area (Å²) < 4.78 is 31.7. The van der Waals surface area contributed by atoms with Crippen molar-refractivity contribution in [2.75, 3.05) is 24.3 Å². The number of carbonyl (C=O) groups is 1. The fourth-order valence-corrected chi connectivity index (χ4v) is 2.55. The summed E-state index contributed by atoms with van der Waals surface area (Å²) in [6.45, 7) is 0.672. The van der Waals surface area contributed by atoms with Gasteiger partial charge in [-0.1, -0.05) is 12.1 Å². The van der Waals surface area contributed by atoms with E-state index < -0.39 is 17.5 Å². The van der Waals surface area contributed by atoms with Gasteiger partial charge < -0.3 is 15.4 Å². The molecule has 0 saturated carbocycles. The van der Waals surface area contributed by atoms with Gasteiger partial charge >= 0.3 is 0 Å². The number of rotatable bonds is 7. The lowest BCUT2D eigenvalue weighted by atomic mass is 10.1. The van der Waals surface area contributed by atoms with E-state index in [9.17, 15) is 13.6 Å². The summed E-state index contributed by atoms with van der Waals surface area (Å²) in [5.74, 6) is -0.631. The molecule has 3 aromatic rings. The minimum atomic E-state index is -0.835. The van der Waals surface area contributed by atoms with Gasteiger partial charge in [0.15, 0.2) is 0 Å². The van der Waals surface area contributed by atoms with E-state index in [2.05, 4.69) is 15.6 Å². The van der Waals surface area contributed by atoms with Crippen LogP contribution in [0.25, 0.3) is 0 Å². The van der Waals surface area contributed by atoms with E-state index in [0.29, 0.717) is 18.4 Å². The van der Waals surface area contributed by atoms with Crippen LogP contribution >= 0.6 is 0 Å². The molecule has 144 valence electrons. The number of methoxy groups -OCH3 is 1. The molecular weight excluding hydrogens is 364 g/mol. The third-order valence-corrected chi connectivity index (χ3v) is 4.08. The van der Waals surface area contributed by atoms with Crippen molar-refractivity contribution in [2.24, 2.45) is 0 Å². The highest BCUT2D eigenvalue weighted by atomic mass is 19.1. The average Bonchev–Trinajstić information content (AvgIpc) is 2.71. The summed E-state index contributed by atoms with van der Waals surface area (Å²) in [5, 5.41) is 5.57. The van der Waals surface area contributed by atoms with Crippen LogP contribution in [0.4, 0.5) is 20.3 Å². The van der Waals surface area contributed by atoms with E-state index in [1.807, 2.05) is 24.3 Å². The lowest BCUT2D eigenvalue weighted by molar-refractivity contribution is 0.102. The van der Waals surface area contributed by atoms with Gasteiger partial charge in [0.1, 0.15) is 23.2 Å². The first kappa shape index (κ1) is 19.3. The zero-order chi connectivity index (χ0) is 19.9. The monoisotopic (exact) mass is 383 g/mol. The third kappa shape index (κ3) is 5.03. The smallest absolute Gasteiger partial charge is 0.257 e. The first-order valence-electron chi connectivity index (χ1n) is 8.64. The Kier molecular flexibility index (Phi) is 6.16. The molecule has 0 unspecified atom stereocenters. The molecule has 0 radical (unpaired) electrons. The molecule has 0 aliphatic heterocycles. The molecule has 0 fully saturated rings. The first-order valence-corrected chi connectivity index (χ1v) is 8.64. The molecule has 7 heteroatoms. The molecule has 0 aliphatic rings. The normalized spacial score (nSPS) is 10.4. The molecule has 2 N–H and O–H groups in total. The molecule has 28 heavy (non-hydrogen) atoms. The van der Waals surface area contributed by atoms with Crippen molar-refractivity contribution in [3.63, 3.8) is 0 Å². The highest BCUT2D eigenvalue weighted by molar-refractivity contribution is 6.04. The maximum absolute atomic E-state index is 13.6. The molecule has 3 rings (SSSR count). The highest BCUT2D eigenvalue weighted by Gasteiger charge is 2.10. The summed E-state index contributed by atoms with van der Waals surface area (Å²) in [6, 6.07) is 14.0. The Morgan fingerprint density at radius 3 is 2.50 bits per heavy atom. The minimum Gasteiger partial charge on any atom is -0.497 e. The number of nitrogens with zero attached hydrogens (tertiary/aromatic N) is 1. The molecular formula is C21H19F2N3O2. The van der Waals surface area contributed by atoms with Crippen molar-refractivity contribution in [1.82, 2.24) is 4.98 Å². The van der Waals surface area contributed by atoms with Crippen LogP contribution in [-0.2, 0) is 6.42 Å². The number of anilines is 2. The van der Waals surface area contributed by atoms with E-state index in [1.165, 1.54) is 12.3 Å². The summed E-state index contributed by atoms with van der Waals surface area (Å²) in [4.78, 5) is 16.4. The Balaban J connectivity index is 1.53. The van der Waals surface area contributed by atoms with Crippen molar-refractivity contribution in [2.45, 2.75) is 6.42 Å². The molecule has 0 spiro atoms. The fraction of sp³-hybridized carbons (Fsp3) is 0.143. The Bertz CT molecular complexity index is 945. The van der Waals surface area contributed by atoms with Crippen molar-refractivity contribution < 1.29 is 18.3 Å². The van der Waals surface area contributed by atoms with Crippen molar-refractivity contribution in [3.05, 3.63) is 83.6 Å². The van der Waals surface area contributed by atoms with Crippen LogP contribution in [0.1, 0.15) is 15.9 Å². The number of hydrogen-bond donors (Lipinski definition) is 2. The maximum Gasteiger partial charge on any atom is 0.257 e. The van der Waals surface area contributed by atoms with Crippen LogP contribution in [-0.4, -0.2) is 24.5 Å². The zero-order valence-corrected chi connectivity index (χ0v) is 15.2. The number of pyridine rings is 1. The van der Waals surface area contributed by atoms with Gasteiger partial charge in [-0.25, -0.2) is 13.8 Å². The molecule has 0 atom stereocenters. The summed E-state index contributed by atoms with van der Waals surface area (Å²) in [5.41, 5.74) is 1.34. The number of carbonyl (C=O) groups excluding carboxylic acids is 1. The van der Waals surface area contributed by atoms with Crippen LogP contribution in [0, 0.1) is 11.6 Å². The van der Waals surface area contributed by atoms with Crippen LogP contribution < -0.4 is 15.4 Å². The summed E-state index contributed by atoms with van der Waals surface area (Å²) in [7, 11) is 1.63. The van der Waals surface area contributed by atoms with Gasteiger partial charge in [0.25, 0.3) is 5.91 Å². The molecule has 1 amide bonds. The lowest BCUT2D eigenvalue weighted by Crippen LogP contribution is -2.14. The lowest BCUT2D eigenvalue weighted by Gasteiger charge is -2.08. The second kappa shape index (κ2) is 8.94. The molecule has 1 heterocycles. The van der Waals surface area contributed by atoms with Gasteiger partial charge in [0.2, 0.25) is 0 Å². The summed E-state index contributed by atoms with van der Waals surface area (Å²) >= 11 is 0. The SMILES string of the molecule is COc1ccc(CCNc2ccc(C(=O)Nc3ccc(F)cc3F)cn2)cc1. The molecule has 0 aliphatic carbocycles. The van der Waals surface area contributed by atoms with E-state index >= 15 is 0 Å². The van der Waals surface area contributed by atoms with Gasteiger partial charge in [-0.2, -0.15) is 0 Å². The van der Waals surface area contributed by atoms with Crippen molar-refractivity contribution in [1.29, 1.82) is 0 Å². The van der Waals surface area contributed by atoms with Crippen molar-refractivity contribution >= 4 is 17.4 Å². The molecule has 5 nitrogen and oxygen atoms in total. The molecule has 0 bridgehead atoms. The van der Waals surface area contributed by atoms with Gasteiger partial charge in [-0.3, -0.25) is 4.79 Å². The van der Waals surface area contributed by atoms with Crippen LogP contribution in [0.3, 0.4) is 0 Å². The largest absolute Gasteiger partial charge is 0.497 e. The number of amides is 1. The van der Waals surface area contributed by atoms with Gasteiger partial charge in [-0.15, -0.1) is 0 Å². The first-order chi connectivity index (χ1) is 13.5. The second-order valence-electron chi connectivity index (χ2n) is 6.04. The standard InChI is InChI=1S/C21H19F2N3O2/c1-28-17-6-2-14(3-7-17)10-11-24-20-9-4-15(13-25-20)21(27)26-19-8-5-16(22)12-18(19)23/h2-9,12-13H,10-11H2,1H3,(H,24,25)(H,26,27). The predicted molar refractivity (Wildman–Crippen MR) is 104 cm³/mol. The highest BCUT2D eigenvalue weighted by Crippen LogP contribution is 2.16. The fourth-order valence-electron chi connectivity index (χ4n) is 2.55. The average molecular weight is 383 g/mol. The second-order valence-corrected chi connectivity index (χ2v) is 6.04. The quantitative estimate of drug-likeness (QED) is 0.639. The third-order valence-electron chi connectivity index (χ3n) is 4.08. The van der Waals surface area contributed by atoms with E-state index in [0.717, 1.165) is 23.8 Å². The molecule has 1 aromatic heterocycles. The maximum atomic E-state index is 13.6. The number of ether oxygens (including phenoxy) is 1. The van der Waals surface area contributed by atoms with E-state index in [-0.39, 0.29) is 11.3 Å². The predicted octanol–water partition coefficient (Wildman–Crippen LogP) is 4.28. The van der Waals surface area contributed by atoms with Gasteiger partial charge in [-0.05, 0) is 48.4 Å². The minimum absolute atomic E-state index is 0.0897. The molecule has 0 saturated heterocycles. The van der Waals surface area contributed by atoms with Crippen LogP contribution in [0.15, 0.2) is 60.8 Å². The topological polar surface area (TPSA) is 63.2 Å². The number of nitrogens with one attached hydrogen (secondary N) is 2. The number of aromatic nitrogens is 1. The number of halogens is 2. The van der Waals surface area contributed by atoms with E-state index in [4.69, 9.17) is 4.74 Å². The Hall–Kier alpha value is -3.48. The summed E-state index contributed by atoms with van der Waals surface area (Å²) in [6.07, 6.45) is 2.20. The number of benzene rings is 2. The Labute approximate surface area is 161 Å². The van der Waals surface area contributed by atoms with Gasteiger partial charge in [0, 0.05) is 18.8 Å². The van der Waals surface area contributed by atoms with Crippen LogP contribution in [0.5, 0.6) is 5.75 Å². The Morgan fingerprint density at radius 1 is 1.07 bits per heavy atom. The van der Waals surface area contributed by atoms with Crippen LogP contribution in [0.2, 0.25) is 0 Å². The number of hydrogen-bond acceptors (Lipinski definition) is 4. The van der Waals surface area contributed by atoms with Gasteiger partial charge in [0.05, 0.1) is 18.4 Å². The van der Waals surface area contributed by atoms with E-state index in [1.54, 1.807) is 19.2 Å².